The predicted octanol–water partition coefficient (Wildman–Crippen LogP) is 1.47. The zero-order chi connectivity index (χ0) is 10.3. The molecule has 2 atom stereocenters. The number of carbonyl (C=O) groups excluding carboxylic acids is 2. The fourth-order valence-electron chi connectivity index (χ4n) is 2.47. The third-order valence-electron chi connectivity index (χ3n) is 3.41. The lowest BCUT2D eigenvalue weighted by atomic mass is 9.61. The van der Waals surface area contributed by atoms with Gasteiger partial charge in [-0.1, -0.05) is 13.0 Å². The number of esters is 1. The zero-order valence-electron chi connectivity index (χ0n) is 8.50. The summed E-state index contributed by atoms with van der Waals surface area (Å²) in [7, 11) is 1.39. The van der Waals surface area contributed by atoms with E-state index in [-0.39, 0.29) is 23.1 Å². The van der Waals surface area contributed by atoms with Gasteiger partial charge in [-0.3, -0.25) is 4.79 Å². The van der Waals surface area contributed by atoms with Crippen LogP contribution < -0.4 is 0 Å². The highest BCUT2D eigenvalue weighted by atomic mass is 16.5. The van der Waals surface area contributed by atoms with Crippen LogP contribution in [0, 0.1) is 11.3 Å². The summed E-state index contributed by atoms with van der Waals surface area (Å²) in [5, 5.41) is 0. The van der Waals surface area contributed by atoms with Gasteiger partial charge in [0, 0.05) is 23.3 Å². The highest BCUT2D eigenvalue weighted by Crippen LogP contribution is 2.48. The molecule has 0 aromatic carbocycles. The highest BCUT2D eigenvalue weighted by molar-refractivity contribution is 5.96. The fraction of sp³-hybridized carbons (Fsp3) is 0.636. The van der Waals surface area contributed by atoms with Gasteiger partial charge in [0.2, 0.25) is 0 Å². The molecule has 0 aromatic heterocycles. The van der Waals surface area contributed by atoms with Crippen molar-refractivity contribution in [3.05, 3.63) is 11.6 Å². The van der Waals surface area contributed by atoms with Gasteiger partial charge in [0.15, 0.2) is 0 Å². The second-order valence-electron chi connectivity index (χ2n) is 4.42. The topological polar surface area (TPSA) is 43.4 Å². The summed E-state index contributed by atoms with van der Waals surface area (Å²) in [4.78, 5) is 23.0. The quantitative estimate of drug-likeness (QED) is 0.594. The summed E-state index contributed by atoms with van der Waals surface area (Å²) in [6.45, 7) is 1.98. The van der Waals surface area contributed by atoms with E-state index >= 15 is 0 Å². The molecule has 3 aliphatic rings. The maximum Gasteiger partial charge on any atom is 0.333 e. The normalized spacial score (nSPS) is 35.4. The lowest BCUT2D eigenvalue weighted by Crippen LogP contribution is -2.40. The fourth-order valence-corrected chi connectivity index (χ4v) is 2.47. The van der Waals surface area contributed by atoms with Gasteiger partial charge < -0.3 is 4.74 Å². The van der Waals surface area contributed by atoms with Crippen LogP contribution in [-0.2, 0) is 14.3 Å². The Kier molecular flexibility index (Phi) is 1.98. The van der Waals surface area contributed by atoms with Crippen LogP contribution in [0.5, 0.6) is 0 Å². The third-order valence-corrected chi connectivity index (χ3v) is 3.41. The Morgan fingerprint density at radius 2 is 2.36 bits per heavy atom. The molecule has 1 fully saturated rings. The zero-order valence-corrected chi connectivity index (χ0v) is 8.50. The minimum Gasteiger partial charge on any atom is -0.466 e. The van der Waals surface area contributed by atoms with Crippen LogP contribution in [0.15, 0.2) is 11.6 Å². The first-order valence-corrected chi connectivity index (χ1v) is 4.90. The van der Waals surface area contributed by atoms with Crippen molar-refractivity contribution >= 4 is 11.8 Å². The van der Waals surface area contributed by atoms with Crippen LogP contribution in [0.2, 0.25) is 0 Å². The molecule has 1 saturated carbocycles. The number of allylic oxidation sites excluding steroid dienone is 1. The van der Waals surface area contributed by atoms with Gasteiger partial charge in [-0.25, -0.2) is 4.79 Å². The minimum atomic E-state index is -0.273. The number of carbonyl (C=O) groups is 2. The van der Waals surface area contributed by atoms with Gasteiger partial charge in [0.05, 0.1) is 7.11 Å². The van der Waals surface area contributed by atoms with Gasteiger partial charge in [0.25, 0.3) is 0 Å². The van der Waals surface area contributed by atoms with Crippen molar-refractivity contribution in [1.29, 1.82) is 0 Å². The molecule has 0 saturated heterocycles. The average molecular weight is 194 g/mol. The molecule has 0 unspecified atom stereocenters. The summed E-state index contributed by atoms with van der Waals surface area (Å²) in [5.41, 5.74) is 0.440. The second kappa shape index (κ2) is 2.94. The van der Waals surface area contributed by atoms with Crippen molar-refractivity contribution in [2.24, 2.45) is 11.3 Å². The maximum atomic E-state index is 11.5. The Hall–Kier alpha value is -1.12. The van der Waals surface area contributed by atoms with Crippen molar-refractivity contribution in [2.75, 3.05) is 7.11 Å². The van der Waals surface area contributed by atoms with Crippen molar-refractivity contribution < 1.29 is 14.3 Å². The van der Waals surface area contributed by atoms with E-state index in [9.17, 15) is 9.59 Å². The molecule has 0 spiro atoms. The number of Topliss-reactive ketones (excluding diaryl/α,β-unsaturated/α-hetero) is 1. The predicted molar refractivity (Wildman–Crippen MR) is 50.6 cm³/mol. The van der Waals surface area contributed by atoms with Gasteiger partial charge in [-0.15, -0.1) is 0 Å². The molecule has 3 nitrogen and oxygen atoms in total. The van der Waals surface area contributed by atoms with E-state index in [0.29, 0.717) is 12.0 Å². The van der Waals surface area contributed by atoms with Gasteiger partial charge >= 0.3 is 5.97 Å². The lowest BCUT2D eigenvalue weighted by molar-refractivity contribution is -0.139. The first-order chi connectivity index (χ1) is 6.57. The van der Waals surface area contributed by atoms with Crippen LogP contribution in [0.1, 0.15) is 26.2 Å². The summed E-state index contributed by atoms with van der Waals surface area (Å²) < 4.78 is 4.72. The molecule has 2 bridgehead atoms. The van der Waals surface area contributed by atoms with Crippen molar-refractivity contribution in [3.63, 3.8) is 0 Å². The van der Waals surface area contributed by atoms with Crippen LogP contribution in [0.25, 0.3) is 0 Å². The Labute approximate surface area is 83.1 Å². The molecule has 0 radical (unpaired) electrons. The molecule has 0 aliphatic heterocycles. The van der Waals surface area contributed by atoms with E-state index in [1.165, 1.54) is 7.11 Å². The van der Waals surface area contributed by atoms with Crippen LogP contribution in [0.4, 0.5) is 0 Å². The first kappa shape index (κ1) is 9.44. The SMILES string of the molecule is COC(=O)C1=C[C@H]2CC[C@]1(C)CC2=O. The monoisotopic (exact) mass is 194 g/mol. The van der Waals surface area contributed by atoms with Crippen LogP contribution in [0.3, 0.4) is 0 Å². The number of rotatable bonds is 1. The Morgan fingerprint density at radius 1 is 1.64 bits per heavy atom. The number of methoxy groups -OCH3 is 1. The number of hydrogen-bond donors (Lipinski definition) is 0. The molecule has 0 aromatic rings. The average Bonchev–Trinajstić information content (AvgIpc) is 2.16. The molecule has 3 aliphatic carbocycles. The summed E-state index contributed by atoms with van der Waals surface area (Å²) in [6.07, 6.45) is 4.11. The molecule has 3 rings (SSSR count). The third kappa shape index (κ3) is 1.19. The maximum absolute atomic E-state index is 11.5. The summed E-state index contributed by atoms with van der Waals surface area (Å²) in [6, 6.07) is 0. The van der Waals surface area contributed by atoms with E-state index in [1.54, 1.807) is 6.08 Å². The molecule has 14 heavy (non-hydrogen) atoms. The molecule has 3 heteroatoms. The molecule has 0 amide bonds. The van der Waals surface area contributed by atoms with E-state index in [2.05, 4.69) is 0 Å². The number of hydrogen-bond acceptors (Lipinski definition) is 3. The second-order valence-corrected chi connectivity index (χ2v) is 4.42. The largest absolute Gasteiger partial charge is 0.466 e. The van der Waals surface area contributed by atoms with Crippen LogP contribution in [-0.4, -0.2) is 18.9 Å². The number of ketones is 1. The van der Waals surface area contributed by atoms with E-state index in [4.69, 9.17) is 4.74 Å². The van der Waals surface area contributed by atoms with Gasteiger partial charge in [-0.2, -0.15) is 0 Å². The van der Waals surface area contributed by atoms with E-state index < -0.39 is 0 Å². The Morgan fingerprint density at radius 3 is 2.86 bits per heavy atom. The first-order valence-electron chi connectivity index (χ1n) is 4.90. The number of ether oxygens (including phenoxy) is 1. The van der Waals surface area contributed by atoms with E-state index in [0.717, 1.165) is 12.8 Å². The number of fused-ring (bicyclic) bond motifs is 2. The standard InChI is InChI=1S/C11H14O3/c1-11-4-3-7(9(12)6-11)5-8(11)10(13)14-2/h5,7H,3-4,6H2,1-2H3/t7-,11-/m1/s1. The molecule has 0 heterocycles. The molecule has 0 N–H and O–H groups in total. The van der Waals surface area contributed by atoms with E-state index in [1.807, 2.05) is 6.92 Å². The summed E-state index contributed by atoms with van der Waals surface area (Å²) >= 11 is 0. The Balaban J connectivity index is 2.39. The van der Waals surface area contributed by atoms with Crippen molar-refractivity contribution in [3.8, 4) is 0 Å². The van der Waals surface area contributed by atoms with Crippen molar-refractivity contribution in [1.82, 2.24) is 0 Å². The lowest BCUT2D eigenvalue weighted by Gasteiger charge is -2.41. The molecule has 76 valence electrons. The van der Waals surface area contributed by atoms with Gasteiger partial charge in [0.1, 0.15) is 5.78 Å². The molecular formula is C11H14O3. The minimum absolute atomic E-state index is 0.0362. The smallest absolute Gasteiger partial charge is 0.333 e. The van der Waals surface area contributed by atoms with Crippen LogP contribution >= 0.6 is 0 Å². The summed E-state index contributed by atoms with van der Waals surface area (Å²) in [5.74, 6) is -0.0398. The Bertz CT molecular complexity index is 329. The van der Waals surface area contributed by atoms with Gasteiger partial charge in [-0.05, 0) is 12.8 Å². The highest BCUT2D eigenvalue weighted by Gasteiger charge is 2.46. The van der Waals surface area contributed by atoms with Crippen molar-refractivity contribution in [2.45, 2.75) is 26.2 Å². The molecular weight excluding hydrogens is 180 g/mol.